The minimum atomic E-state index is -6.42. The van der Waals surface area contributed by atoms with Gasteiger partial charge in [-0.2, -0.15) is 30.4 Å². The largest absolute Gasteiger partial charge is 0.444 e. The molecule has 22 heavy (non-hydrogen) atoms. The number of hydrogen-bond donors (Lipinski definition) is 1. The van der Waals surface area contributed by atoms with Crippen LogP contribution in [0.4, 0.5) is 22.0 Å². The first-order valence-corrected chi connectivity index (χ1v) is 7.48. The summed E-state index contributed by atoms with van der Waals surface area (Å²) in [6.07, 6.45) is -9.67. The normalized spacial score (nSPS) is 30.4. The first kappa shape index (κ1) is 17.3. The van der Waals surface area contributed by atoms with Crippen LogP contribution in [0.2, 0.25) is 0 Å². The van der Waals surface area contributed by atoms with Crippen LogP contribution in [-0.2, 0) is 24.4 Å². The van der Waals surface area contributed by atoms with Gasteiger partial charge in [-0.15, -0.1) is 0 Å². The van der Waals surface area contributed by atoms with Crippen molar-refractivity contribution in [2.24, 2.45) is 5.92 Å². The standard InChI is InChI=1S/C10H11F5O6S/c11-9(12,13)7(10(14,15)22(17,18)19)21-6(16)5-1-2-8(3-5)4-20-8/h5,7H,1-4H2,(H,17,18,19). The van der Waals surface area contributed by atoms with Crippen molar-refractivity contribution >= 4 is 16.1 Å². The van der Waals surface area contributed by atoms with Crippen LogP contribution in [0.3, 0.4) is 0 Å². The fourth-order valence-electron chi connectivity index (χ4n) is 2.33. The minimum absolute atomic E-state index is 0.0217. The van der Waals surface area contributed by atoms with Crippen molar-refractivity contribution in [3.05, 3.63) is 0 Å². The highest BCUT2D eigenvalue weighted by atomic mass is 32.2. The highest BCUT2D eigenvalue weighted by Crippen LogP contribution is 2.47. The van der Waals surface area contributed by atoms with Crippen molar-refractivity contribution < 1.29 is 49.2 Å². The molecular formula is C10H11F5O6S. The maximum Gasteiger partial charge on any atom is 0.432 e. The summed E-state index contributed by atoms with van der Waals surface area (Å²) >= 11 is 0. The van der Waals surface area contributed by atoms with E-state index in [0.717, 1.165) is 0 Å². The van der Waals surface area contributed by atoms with Gasteiger partial charge in [-0.1, -0.05) is 0 Å². The van der Waals surface area contributed by atoms with E-state index in [9.17, 15) is 35.2 Å². The number of ether oxygens (including phenoxy) is 2. The van der Waals surface area contributed by atoms with Crippen LogP contribution in [0.15, 0.2) is 0 Å². The topological polar surface area (TPSA) is 93.2 Å². The van der Waals surface area contributed by atoms with Gasteiger partial charge >= 0.3 is 27.5 Å². The Morgan fingerprint density at radius 2 is 1.86 bits per heavy atom. The van der Waals surface area contributed by atoms with Crippen molar-refractivity contribution in [2.45, 2.75) is 42.4 Å². The number of carbonyl (C=O) groups excluding carboxylic acids is 1. The number of esters is 1. The highest BCUT2D eigenvalue weighted by Gasteiger charge is 2.66. The molecule has 2 fully saturated rings. The van der Waals surface area contributed by atoms with E-state index in [1.54, 1.807) is 0 Å². The lowest BCUT2D eigenvalue weighted by molar-refractivity contribution is -0.260. The van der Waals surface area contributed by atoms with Crippen molar-refractivity contribution in [1.29, 1.82) is 0 Å². The second-order valence-electron chi connectivity index (χ2n) is 5.31. The molecule has 0 aromatic rings. The molecule has 1 heterocycles. The Balaban J connectivity index is 2.16. The number of alkyl halides is 5. The average Bonchev–Trinajstić information content (AvgIpc) is 2.92. The monoisotopic (exact) mass is 354 g/mol. The molecule has 1 aliphatic carbocycles. The van der Waals surface area contributed by atoms with Gasteiger partial charge in [0.1, 0.15) is 0 Å². The lowest BCUT2D eigenvalue weighted by Crippen LogP contribution is -2.52. The van der Waals surface area contributed by atoms with Gasteiger partial charge in [0.05, 0.1) is 18.1 Å². The van der Waals surface area contributed by atoms with Crippen LogP contribution in [0, 0.1) is 5.92 Å². The van der Waals surface area contributed by atoms with E-state index in [4.69, 9.17) is 9.29 Å². The molecule has 0 radical (unpaired) electrons. The SMILES string of the molecule is O=C(OC(C(F)(F)F)C(F)(F)S(=O)(=O)O)C1CCC2(CO2)C1. The maximum absolute atomic E-state index is 13.2. The van der Waals surface area contributed by atoms with E-state index in [1.165, 1.54) is 0 Å². The zero-order chi connectivity index (χ0) is 17.0. The Morgan fingerprint density at radius 3 is 2.23 bits per heavy atom. The molecule has 1 aliphatic heterocycles. The third-order valence-corrected chi connectivity index (χ3v) is 4.54. The second kappa shape index (κ2) is 4.99. The van der Waals surface area contributed by atoms with Crippen LogP contribution in [-0.4, -0.2) is 48.7 Å². The third kappa shape index (κ3) is 3.18. The predicted octanol–water partition coefficient (Wildman–Crippen LogP) is 1.51. The zero-order valence-electron chi connectivity index (χ0n) is 10.8. The molecule has 1 saturated heterocycles. The molecule has 0 bridgehead atoms. The maximum atomic E-state index is 13.2. The number of carbonyl (C=O) groups is 1. The minimum Gasteiger partial charge on any atom is -0.444 e. The predicted molar refractivity (Wildman–Crippen MR) is 58.5 cm³/mol. The zero-order valence-corrected chi connectivity index (χ0v) is 11.6. The van der Waals surface area contributed by atoms with Gasteiger partial charge in [-0.25, -0.2) is 0 Å². The fraction of sp³-hybridized carbons (Fsp3) is 0.900. The molecule has 0 amide bonds. The summed E-state index contributed by atoms with van der Waals surface area (Å²) < 4.78 is 102. The lowest BCUT2D eigenvalue weighted by atomic mass is 10.1. The molecule has 3 atom stereocenters. The van der Waals surface area contributed by atoms with Crippen LogP contribution in [0.5, 0.6) is 0 Å². The smallest absolute Gasteiger partial charge is 0.432 e. The number of rotatable bonds is 4. The Morgan fingerprint density at radius 1 is 1.32 bits per heavy atom. The van der Waals surface area contributed by atoms with Crippen LogP contribution in [0.1, 0.15) is 19.3 Å². The van der Waals surface area contributed by atoms with E-state index >= 15 is 0 Å². The van der Waals surface area contributed by atoms with Crippen LogP contribution < -0.4 is 0 Å². The number of epoxide rings is 1. The molecule has 3 unspecified atom stereocenters. The first-order valence-electron chi connectivity index (χ1n) is 6.04. The Labute approximate surface area is 121 Å². The van der Waals surface area contributed by atoms with Gasteiger partial charge < -0.3 is 9.47 Å². The van der Waals surface area contributed by atoms with Gasteiger partial charge in [0.2, 0.25) is 0 Å². The molecule has 0 aromatic carbocycles. The van der Waals surface area contributed by atoms with Gasteiger partial charge in [-0.3, -0.25) is 9.35 Å². The molecule has 1 spiro atoms. The number of hydrogen-bond acceptors (Lipinski definition) is 5. The van der Waals surface area contributed by atoms with E-state index < -0.39 is 45.1 Å². The molecule has 6 nitrogen and oxygen atoms in total. The Bertz CT molecular complexity index is 567. The molecule has 2 aliphatic rings. The van der Waals surface area contributed by atoms with Crippen molar-refractivity contribution in [1.82, 2.24) is 0 Å². The quantitative estimate of drug-likeness (QED) is 0.356. The van der Waals surface area contributed by atoms with Crippen molar-refractivity contribution in [2.75, 3.05) is 6.61 Å². The molecule has 1 N–H and O–H groups in total. The second-order valence-corrected chi connectivity index (χ2v) is 6.80. The van der Waals surface area contributed by atoms with Crippen molar-refractivity contribution in [3.8, 4) is 0 Å². The van der Waals surface area contributed by atoms with E-state index in [-0.39, 0.29) is 12.8 Å². The highest BCUT2D eigenvalue weighted by molar-refractivity contribution is 7.86. The first-order chi connectivity index (χ1) is 9.79. The van der Waals surface area contributed by atoms with Gasteiger partial charge in [0.25, 0.3) is 6.10 Å². The summed E-state index contributed by atoms with van der Waals surface area (Å²) in [6, 6.07) is 0. The molecule has 1 saturated carbocycles. The summed E-state index contributed by atoms with van der Waals surface area (Å²) in [4.78, 5) is 11.6. The summed E-state index contributed by atoms with van der Waals surface area (Å²) in [7, 11) is -6.42. The van der Waals surface area contributed by atoms with Crippen LogP contribution >= 0.6 is 0 Å². The van der Waals surface area contributed by atoms with Gasteiger partial charge in [0, 0.05) is 0 Å². The van der Waals surface area contributed by atoms with Crippen LogP contribution in [0.25, 0.3) is 0 Å². The lowest BCUT2D eigenvalue weighted by Gasteiger charge is -2.27. The molecule has 0 aromatic heterocycles. The Hall–Kier alpha value is -1.01. The Kier molecular flexibility index (Phi) is 3.94. The average molecular weight is 354 g/mol. The van der Waals surface area contributed by atoms with E-state index in [1.807, 2.05) is 0 Å². The fourth-order valence-corrected chi connectivity index (χ4v) is 2.78. The van der Waals surface area contributed by atoms with Crippen molar-refractivity contribution in [3.63, 3.8) is 0 Å². The van der Waals surface area contributed by atoms with E-state index in [0.29, 0.717) is 13.0 Å². The molecular weight excluding hydrogens is 343 g/mol. The third-order valence-electron chi connectivity index (χ3n) is 3.63. The summed E-state index contributed by atoms with van der Waals surface area (Å²) in [6.45, 7) is 0.320. The van der Waals surface area contributed by atoms with Gasteiger partial charge in [-0.05, 0) is 19.3 Å². The summed E-state index contributed by atoms with van der Waals surface area (Å²) in [5, 5.41) is -5.70. The summed E-state index contributed by atoms with van der Waals surface area (Å²) in [5.74, 6) is -2.69. The molecule has 128 valence electrons. The number of halogens is 5. The summed E-state index contributed by atoms with van der Waals surface area (Å²) in [5.41, 5.74) is -0.608. The molecule has 12 heteroatoms. The molecule has 2 rings (SSSR count). The van der Waals surface area contributed by atoms with Gasteiger partial charge in [0.15, 0.2) is 0 Å². The van der Waals surface area contributed by atoms with E-state index in [2.05, 4.69) is 4.74 Å².